The number of ether oxygens (including phenoxy) is 1. The fraction of sp³-hybridized carbons (Fsp3) is 0.278. The van der Waals surface area contributed by atoms with Crippen LogP contribution in [-0.4, -0.2) is 13.0 Å². The Morgan fingerprint density at radius 1 is 1.13 bits per heavy atom. The minimum absolute atomic E-state index is 0. The third-order valence-corrected chi connectivity index (χ3v) is 3.61. The van der Waals surface area contributed by atoms with E-state index in [0.29, 0.717) is 12.1 Å². The molecule has 5 heteroatoms. The molecule has 0 saturated heterocycles. The van der Waals surface area contributed by atoms with Crippen LogP contribution in [-0.2, 0) is 11.2 Å². The summed E-state index contributed by atoms with van der Waals surface area (Å²) in [6, 6.07) is 15.2. The van der Waals surface area contributed by atoms with Crippen molar-refractivity contribution in [3.8, 4) is 5.75 Å². The number of amides is 1. The molecule has 0 radical (unpaired) electrons. The Balaban J connectivity index is 0.00000264. The molecule has 0 fully saturated rings. The van der Waals surface area contributed by atoms with Crippen molar-refractivity contribution in [1.29, 1.82) is 0 Å². The van der Waals surface area contributed by atoms with Gasteiger partial charge < -0.3 is 15.8 Å². The number of nitrogen functional groups attached to an aromatic ring is 1. The van der Waals surface area contributed by atoms with Gasteiger partial charge in [0.1, 0.15) is 5.75 Å². The van der Waals surface area contributed by atoms with Crippen molar-refractivity contribution < 1.29 is 9.53 Å². The Morgan fingerprint density at radius 2 is 1.74 bits per heavy atom. The summed E-state index contributed by atoms with van der Waals surface area (Å²) in [6.07, 6.45) is 1.19. The van der Waals surface area contributed by atoms with Gasteiger partial charge in [-0.2, -0.15) is 0 Å². The van der Waals surface area contributed by atoms with E-state index in [0.717, 1.165) is 23.3 Å². The molecule has 0 aromatic heterocycles. The second kappa shape index (κ2) is 9.06. The van der Waals surface area contributed by atoms with Crippen molar-refractivity contribution in [2.45, 2.75) is 25.8 Å². The third kappa shape index (κ3) is 5.49. The zero-order valence-corrected chi connectivity index (χ0v) is 14.2. The van der Waals surface area contributed by atoms with E-state index in [1.54, 1.807) is 7.11 Å². The number of carbonyl (C=O) groups excluding carboxylic acids is 1. The summed E-state index contributed by atoms with van der Waals surface area (Å²) in [5.74, 6) is 0.819. The number of benzene rings is 2. The van der Waals surface area contributed by atoms with E-state index in [-0.39, 0.29) is 24.4 Å². The number of anilines is 1. The highest BCUT2D eigenvalue weighted by Crippen LogP contribution is 2.20. The second-order valence-corrected chi connectivity index (χ2v) is 5.22. The molecule has 0 aliphatic heterocycles. The van der Waals surface area contributed by atoms with Gasteiger partial charge in [-0.25, -0.2) is 0 Å². The summed E-state index contributed by atoms with van der Waals surface area (Å²) in [5.41, 5.74) is 8.38. The predicted octanol–water partition coefficient (Wildman–Crippen LogP) is 3.51. The highest BCUT2D eigenvalue weighted by Gasteiger charge is 2.13. The average molecular weight is 335 g/mol. The van der Waals surface area contributed by atoms with E-state index in [4.69, 9.17) is 10.5 Å². The number of rotatable bonds is 6. The number of hydrogen-bond donors (Lipinski definition) is 2. The molecule has 23 heavy (non-hydrogen) atoms. The van der Waals surface area contributed by atoms with E-state index in [1.165, 1.54) is 0 Å². The maximum absolute atomic E-state index is 12.2. The molecule has 2 aromatic carbocycles. The van der Waals surface area contributed by atoms with E-state index in [2.05, 4.69) is 12.2 Å². The molecule has 1 atom stereocenters. The molecular formula is C18H23ClN2O2. The number of nitrogens with two attached hydrogens (primary N) is 1. The van der Waals surface area contributed by atoms with Crippen LogP contribution in [0.1, 0.15) is 30.5 Å². The van der Waals surface area contributed by atoms with Gasteiger partial charge in [-0.1, -0.05) is 31.2 Å². The monoisotopic (exact) mass is 334 g/mol. The number of hydrogen-bond acceptors (Lipinski definition) is 3. The first-order chi connectivity index (χ1) is 10.6. The molecule has 0 aliphatic carbocycles. The molecular weight excluding hydrogens is 312 g/mol. The molecule has 3 N–H and O–H groups in total. The Bertz CT molecular complexity index is 612. The van der Waals surface area contributed by atoms with Crippen LogP contribution in [0.4, 0.5) is 5.69 Å². The van der Waals surface area contributed by atoms with Crippen molar-refractivity contribution in [2.75, 3.05) is 12.8 Å². The molecule has 0 bridgehead atoms. The van der Waals surface area contributed by atoms with Crippen LogP contribution in [0, 0.1) is 0 Å². The van der Waals surface area contributed by atoms with Crippen molar-refractivity contribution in [3.63, 3.8) is 0 Å². The van der Waals surface area contributed by atoms with Gasteiger partial charge in [0.2, 0.25) is 5.91 Å². The first-order valence-corrected chi connectivity index (χ1v) is 7.40. The predicted molar refractivity (Wildman–Crippen MR) is 96.0 cm³/mol. The van der Waals surface area contributed by atoms with Gasteiger partial charge in [0, 0.05) is 5.69 Å². The summed E-state index contributed by atoms with van der Waals surface area (Å²) in [7, 11) is 1.64. The summed E-state index contributed by atoms with van der Waals surface area (Å²) in [5, 5.41) is 3.07. The highest BCUT2D eigenvalue weighted by atomic mass is 35.5. The number of halogens is 1. The minimum atomic E-state index is 0. The van der Waals surface area contributed by atoms with E-state index in [9.17, 15) is 4.79 Å². The largest absolute Gasteiger partial charge is 0.497 e. The smallest absolute Gasteiger partial charge is 0.224 e. The Morgan fingerprint density at radius 3 is 2.26 bits per heavy atom. The molecule has 124 valence electrons. The first kappa shape index (κ1) is 18.8. The van der Waals surface area contributed by atoms with Crippen LogP contribution in [0.25, 0.3) is 0 Å². The molecule has 1 unspecified atom stereocenters. The quantitative estimate of drug-likeness (QED) is 0.794. The van der Waals surface area contributed by atoms with Gasteiger partial charge >= 0.3 is 0 Å². The molecule has 0 spiro atoms. The Hall–Kier alpha value is -2.20. The van der Waals surface area contributed by atoms with Gasteiger partial charge in [-0.3, -0.25) is 4.79 Å². The van der Waals surface area contributed by atoms with Gasteiger partial charge in [-0.05, 0) is 41.8 Å². The summed E-state index contributed by atoms with van der Waals surface area (Å²) in [6.45, 7) is 2.05. The zero-order valence-electron chi connectivity index (χ0n) is 13.4. The van der Waals surface area contributed by atoms with Crippen LogP contribution in [0.2, 0.25) is 0 Å². The van der Waals surface area contributed by atoms with E-state index in [1.807, 2.05) is 48.5 Å². The maximum atomic E-state index is 12.2. The maximum Gasteiger partial charge on any atom is 0.224 e. The molecule has 0 saturated carbocycles. The van der Waals surface area contributed by atoms with Crippen LogP contribution in [0.15, 0.2) is 48.5 Å². The van der Waals surface area contributed by atoms with E-state index < -0.39 is 0 Å². The fourth-order valence-corrected chi connectivity index (χ4v) is 2.32. The lowest BCUT2D eigenvalue weighted by molar-refractivity contribution is -0.121. The number of carbonyl (C=O) groups is 1. The van der Waals surface area contributed by atoms with E-state index >= 15 is 0 Å². The molecule has 1 amide bonds. The fourth-order valence-electron chi connectivity index (χ4n) is 2.32. The normalized spacial score (nSPS) is 11.2. The highest BCUT2D eigenvalue weighted by molar-refractivity contribution is 5.85. The first-order valence-electron chi connectivity index (χ1n) is 7.40. The van der Waals surface area contributed by atoms with Crippen LogP contribution < -0.4 is 15.8 Å². The Kier molecular flexibility index (Phi) is 7.42. The lowest BCUT2D eigenvalue weighted by Gasteiger charge is -2.18. The standard InChI is InChI=1S/C18H22N2O2.ClH/c1-3-17(14-6-10-16(22-2)11-7-14)20-18(21)12-13-4-8-15(19)9-5-13;/h4-11,17H,3,12,19H2,1-2H3,(H,20,21);1H. The van der Waals surface area contributed by atoms with Gasteiger partial charge in [0.15, 0.2) is 0 Å². The third-order valence-electron chi connectivity index (χ3n) is 3.61. The van der Waals surface area contributed by atoms with Crippen molar-refractivity contribution in [2.24, 2.45) is 0 Å². The zero-order chi connectivity index (χ0) is 15.9. The van der Waals surface area contributed by atoms with Crippen LogP contribution >= 0.6 is 12.4 Å². The van der Waals surface area contributed by atoms with Crippen LogP contribution in [0.5, 0.6) is 5.75 Å². The summed E-state index contributed by atoms with van der Waals surface area (Å²) >= 11 is 0. The van der Waals surface area contributed by atoms with Gasteiger partial charge in [0.25, 0.3) is 0 Å². The van der Waals surface area contributed by atoms with Gasteiger partial charge in [-0.15, -0.1) is 12.4 Å². The molecule has 0 aliphatic rings. The molecule has 2 aromatic rings. The second-order valence-electron chi connectivity index (χ2n) is 5.22. The van der Waals surface area contributed by atoms with Crippen molar-refractivity contribution in [1.82, 2.24) is 5.32 Å². The summed E-state index contributed by atoms with van der Waals surface area (Å²) < 4.78 is 5.15. The SMILES string of the molecule is CCC(NC(=O)Cc1ccc(N)cc1)c1ccc(OC)cc1.Cl. The Labute approximate surface area is 143 Å². The van der Waals surface area contributed by atoms with Crippen molar-refractivity contribution >= 4 is 24.0 Å². The lowest BCUT2D eigenvalue weighted by Crippen LogP contribution is -2.29. The number of methoxy groups -OCH3 is 1. The van der Waals surface area contributed by atoms with Crippen molar-refractivity contribution in [3.05, 3.63) is 59.7 Å². The topological polar surface area (TPSA) is 64.4 Å². The summed E-state index contributed by atoms with van der Waals surface area (Å²) in [4.78, 5) is 12.2. The number of nitrogens with one attached hydrogen (secondary N) is 1. The average Bonchev–Trinajstić information content (AvgIpc) is 2.55. The molecule has 4 nitrogen and oxygen atoms in total. The molecule has 0 heterocycles. The van der Waals surface area contributed by atoms with Gasteiger partial charge in [0.05, 0.1) is 19.6 Å². The van der Waals surface area contributed by atoms with Crippen LogP contribution in [0.3, 0.4) is 0 Å². The lowest BCUT2D eigenvalue weighted by atomic mass is 10.0. The molecule has 2 rings (SSSR count). The minimum Gasteiger partial charge on any atom is -0.497 e.